The minimum absolute atomic E-state index is 0.132. The lowest BCUT2D eigenvalue weighted by molar-refractivity contribution is 0.558. The van der Waals surface area contributed by atoms with E-state index in [4.69, 9.17) is 5.73 Å². The van der Waals surface area contributed by atoms with Crippen LogP contribution < -0.4 is 16.6 Å². The van der Waals surface area contributed by atoms with Crippen LogP contribution in [0.4, 0.5) is 5.95 Å². The molecule has 1 aliphatic rings. The molecule has 3 aromatic rings. The lowest BCUT2D eigenvalue weighted by Gasteiger charge is -2.15. The van der Waals surface area contributed by atoms with E-state index >= 15 is 0 Å². The van der Waals surface area contributed by atoms with Crippen LogP contribution in [0.1, 0.15) is 30.4 Å². The summed E-state index contributed by atoms with van der Waals surface area (Å²) in [7, 11) is 0. The van der Waals surface area contributed by atoms with Gasteiger partial charge < -0.3 is 16.0 Å². The van der Waals surface area contributed by atoms with Crippen LogP contribution in [0.15, 0.2) is 41.3 Å². The molecule has 7 heteroatoms. The smallest absolute Gasteiger partial charge is 0.262 e. The topological polar surface area (TPSA) is 99.6 Å². The van der Waals surface area contributed by atoms with Crippen LogP contribution in [0.3, 0.4) is 0 Å². The number of nitrogens with one attached hydrogen (secondary N) is 3. The third-order valence-corrected chi connectivity index (χ3v) is 4.98. The van der Waals surface area contributed by atoms with E-state index in [-0.39, 0.29) is 11.5 Å². The second-order valence-electron chi connectivity index (χ2n) is 6.56. The van der Waals surface area contributed by atoms with E-state index in [1.54, 1.807) is 0 Å². The number of H-pyrrole nitrogens is 2. The van der Waals surface area contributed by atoms with Gasteiger partial charge >= 0.3 is 0 Å². The van der Waals surface area contributed by atoms with Gasteiger partial charge in [0.15, 0.2) is 0 Å². The van der Waals surface area contributed by atoms with Crippen molar-refractivity contribution >= 4 is 28.6 Å². The molecule has 1 saturated carbocycles. The zero-order chi connectivity index (χ0) is 18.6. The molecule has 2 heterocycles. The van der Waals surface area contributed by atoms with Crippen molar-refractivity contribution in [2.75, 3.05) is 18.7 Å². The van der Waals surface area contributed by atoms with Gasteiger partial charge in [0.25, 0.3) is 5.56 Å². The number of rotatable bonds is 6. The van der Waals surface area contributed by atoms with Crippen LogP contribution in [0, 0.1) is 0 Å². The fraction of sp³-hybridized carbons (Fsp3) is 0.368. The highest BCUT2D eigenvalue weighted by molar-refractivity contribution is 6.15. The van der Waals surface area contributed by atoms with Crippen molar-refractivity contribution in [2.45, 2.75) is 31.2 Å². The minimum atomic E-state index is -0.196. The number of nitrogens with two attached hydrogens (primary N) is 1. The number of halogens is 1. The first-order valence-corrected chi connectivity index (χ1v) is 9.43. The van der Waals surface area contributed by atoms with Crippen LogP contribution in [0.5, 0.6) is 0 Å². The van der Waals surface area contributed by atoms with Gasteiger partial charge in [0.1, 0.15) is 5.65 Å². The Kier molecular flexibility index (Phi) is 5.64. The monoisotopic (exact) mass is 373 g/mol. The molecule has 0 spiro atoms. The Morgan fingerprint density at radius 3 is 2.69 bits per heavy atom. The highest BCUT2D eigenvalue weighted by Gasteiger charge is 2.43. The first-order valence-electron chi connectivity index (χ1n) is 8.68. The number of nitrogen functional groups attached to an aromatic ring is 1. The van der Waals surface area contributed by atoms with Crippen LogP contribution in [-0.4, -0.2) is 27.9 Å². The molecule has 138 valence electrons. The fourth-order valence-corrected chi connectivity index (χ4v) is 3.44. The third kappa shape index (κ3) is 3.76. The fourth-order valence-electron chi connectivity index (χ4n) is 3.44. The van der Waals surface area contributed by atoms with E-state index in [9.17, 15) is 4.79 Å². The zero-order valence-electron chi connectivity index (χ0n) is 14.8. The Morgan fingerprint density at radius 1 is 1.27 bits per heavy atom. The molecule has 26 heavy (non-hydrogen) atoms. The third-order valence-electron chi connectivity index (χ3n) is 4.98. The van der Waals surface area contributed by atoms with Crippen LogP contribution >= 0.6 is 11.6 Å². The summed E-state index contributed by atoms with van der Waals surface area (Å²) in [5.41, 5.74) is 8.61. The van der Waals surface area contributed by atoms with E-state index in [2.05, 4.69) is 62.2 Å². The van der Waals surface area contributed by atoms with Gasteiger partial charge in [-0.2, -0.15) is 4.98 Å². The number of fused-ring (bicyclic) bond motifs is 1. The molecule has 0 aliphatic heterocycles. The second kappa shape index (κ2) is 7.93. The number of hydrogen-bond acceptors (Lipinski definition) is 4. The number of nitrogens with zero attached hydrogens (tertiary/aromatic N) is 1. The van der Waals surface area contributed by atoms with Crippen molar-refractivity contribution in [3.05, 3.63) is 58.0 Å². The van der Waals surface area contributed by atoms with Gasteiger partial charge in [-0.05, 0) is 42.3 Å². The minimum Gasteiger partial charge on any atom is -0.369 e. The standard InChI is InChI=1S/C18H21N5O.CH3Cl/c19-17-22-15-14(16(24)23-17)12(11-21-15)10-20-9-8-18(6-7-18)13-4-2-1-3-5-13;1-2/h1-5,11,20H,6-10H2,(H4,19,21,22,23,24);1H3. The Morgan fingerprint density at radius 2 is 2.00 bits per heavy atom. The summed E-state index contributed by atoms with van der Waals surface area (Å²) in [6, 6.07) is 10.7. The molecule has 0 radical (unpaired) electrons. The highest BCUT2D eigenvalue weighted by atomic mass is 35.5. The molecule has 0 saturated heterocycles. The Balaban J connectivity index is 0.000000948. The van der Waals surface area contributed by atoms with E-state index in [1.807, 2.05) is 6.20 Å². The molecular weight excluding hydrogens is 350 g/mol. The Hall–Kier alpha value is -2.31. The van der Waals surface area contributed by atoms with Gasteiger partial charge in [0.05, 0.1) is 5.39 Å². The Bertz CT molecular complexity index is 915. The summed E-state index contributed by atoms with van der Waals surface area (Å²) in [5, 5.41) is 4.04. The average Bonchev–Trinajstić information content (AvgIpc) is 3.35. The lowest BCUT2D eigenvalue weighted by Crippen LogP contribution is -2.21. The molecule has 2 aromatic heterocycles. The van der Waals surface area contributed by atoms with Crippen LogP contribution in [-0.2, 0) is 12.0 Å². The lowest BCUT2D eigenvalue weighted by atomic mass is 9.92. The molecule has 6 nitrogen and oxygen atoms in total. The SMILES string of the molecule is CCl.Nc1nc2[nH]cc(CNCCC3(c4ccccc4)CC3)c2c(=O)[nH]1. The van der Waals surface area contributed by atoms with Gasteiger partial charge in [0.2, 0.25) is 5.95 Å². The predicted molar refractivity (Wildman–Crippen MR) is 107 cm³/mol. The Labute approximate surface area is 157 Å². The molecule has 5 N–H and O–H groups in total. The summed E-state index contributed by atoms with van der Waals surface area (Å²) in [6.45, 7) is 1.56. The van der Waals surface area contributed by atoms with Crippen LogP contribution in [0.2, 0.25) is 0 Å². The molecule has 1 aromatic carbocycles. The zero-order valence-corrected chi connectivity index (χ0v) is 15.6. The van der Waals surface area contributed by atoms with Gasteiger partial charge in [0, 0.05) is 19.1 Å². The van der Waals surface area contributed by atoms with E-state index in [0.29, 0.717) is 23.0 Å². The molecule has 0 atom stereocenters. The summed E-state index contributed by atoms with van der Waals surface area (Å²) in [4.78, 5) is 21.7. The van der Waals surface area contributed by atoms with Crippen molar-refractivity contribution in [3.8, 4) is 0 Å². The number of alkyl halides is 1. The highest BCUT2D eigenvalue weighted by Crippen LogP contribution is 2.50. The maximum atomic E-state index is 12.0. The maximum Gasteiger partial charge on any atom is 0.262 e. The summed E-state index contributed by atoms with van der Waals surface area (Å²) < 4.78 is 0. The summed E-state index contributed by atoms with van der Waals surface area (Å²) in [5.74, 6) is 0.132. The van der Waals surface area contributed by atoms with Gasteiger partial charge in [-0.1, -0.05) is 30.3 Å². The van der Waals surface area contributed by atoms with Crippen molar-refractivity contribution < 1.29 is 0 Å². The van der Waals surface area contributed by atoms with E-state index < -0.39 is 0 Å². The van der Waals surface area contributed by atoms with Crippen molar-refractivity contribution in [3.63, 3.8) is 0 Å². The normalized spacial score (nSPS) is 14.7. The summed E-state index contributed by atoms with van der Waals surface area (Å²) >= 11 is 4.64. The number of benzene rings is 1. The first-order chi connectivity index (χ1) is 12.7. The number of aromatic nitrogens is 3. The number of aromatic amines is 2. The maximum absolute atomic E-state index is 12.0. The van der Waals surface area contributed by atoms with Crippen molar-refractivity contribution in [1.29, 1.82) is 0 Å². The summed E-state index contributed by atoms with van der Waals surface area (Å²) in [6.07, 6.45) is 6.92. The molecular formula is C19H24ClN5O. The van der Waals surface area contributed by atoms with E-state index in [1.165, 1.54) is 24.8 Å². The molecule has 0 bridgehead atoms. The molecule has 0 unspecified atom stereocenters. The molecule has 4 rings (SSSR count). The van der Waals surface area contributed by atoms with Crippen molar-refractivity contribution in [2.24, 2.45) is 0 Å². The van der Waals surface area contributed by atoms with E-state index in [0.717, 1.165) is 18.5 Å². The number of hydrogen-bond donors (Lipinski definition) is 4. The first kappa shape index (κ1) is 18.5. The van der Waals surface area contributed by atoms with Crippen LogP contribution in [0.25, 0.3) is 11.0 Å². The largest absolute Gasteiger partial charge is 0.369 e. The molecule has 0 amide bonds. The van der Waals surface area contributed by atoms with Gasteiger partial charge in [-0.15, -0.1) is 11.6 Å². The molecule has 1 aliphatic carbocycles. The van der Waals surface area contributed by atoms with Gasteiger partial charge in [-0.25, -0.2) is 0 Å². The average molecular weight is 374 g/mol. The van der Waals surface area contributed by atoms with Crippen molar-refractivity contribution in [1.82, 2.24) is 20.3 Å². The van der Waals surface area contributed by atoms with Gasteiger partial charge in [-0.3, -0.25) is 9.78 Å². The number of anilines is 1. The quantitative estimate of drug-likeness (QED) is 0.394. The molecule has 1 fully saturated rings. The second-order valence-corrected chi connectivity index (χ2v) is 6.56. The predicted octanol–water partition coefficient (Wildman–Crippen LogP) is 2.90.